The number of benzene rings is 1. The van der Waals surface area contributed by atoms with E-state index in [1.54, 1.807) is 5.32 Å². The lowest BCUT2D eigenvalue weighted by atomic mass is 10.2. The molecule has 2 N–H and O–H groups in total. The first kappa shape index (κ1) is 18.1. The number of alkyl halides is 3. The molecule has 2 aromatic rings. The Morgan fingerprint density at radius 3 is 2.71 bits per heavy atom. The Bertz CT molecular complexity index is 673. The number of ether oxygens (including phenoxy) is 1. The van der Waals surface area contributed by atoms with E-state index in [2.05, 4.69) is 15.2 Å². The van der Waals surface area contributed by atoms with Gasteiger partial charge in [-0.1, -0.05) is 29.5 Å². The Morgan fingerprint density at radius 1 is 1.33 bits per heavy atom. The van der Waals surface area contributed by atoms with Gasteiger partial charge < -0.3 is 10.1 Å². The maximum atomic E-state index is 12.0. The number of hydrogen-bond acceptors (Lipinski definition) is 5. The maximum Gasteiger partial charge on any atom is 0.405 e. The minimum atomic E-state index is -4.43. The summed E-state index contributed by atoms with van der Waals surface area (Å²) in [5.74, 6) is 0.192. The van der Waals surface area contributed by atoms with Crippen molar-refractivity contribution in [3.05, 3.63) is 35.7 Å². The van der Waals surface area contributed by atoms with E-state index < -0.39 is 18.6 Å². The lowest BCUT2D eigenvalue weighted by Gasteiger charge is -2.07. The van der Waals surface area contributed by atoms with E-state index in [4.69, 9.17) is 4.74 Å². The van der Waals surface area contributed by atoms with Gasteiger partial charge in [0.25, 0.3) is 0 Å². The molecule has 24 heavy (non-hydrogen) atoms. The highest BCUT2D eigenvalue weighted by molar-refractivity contribution is 7.99. The van der Waals surface area contributed by atoms with Crippen LogP contribution in [-0.4, -0.2) is 39.6 Å². The molecule has 0 bridgehead atoms. The van der Waals surface area contributed by atoms with E-state index in [0.717, 1.165) is 17.3 Å². The second-order valence-corrected chi connectivity index (χ2v) is 5.79. The third kappa shape index (κ3) is 6.49. The van der Waals surface area contributed by atoms with Crippen LogP contribution in [0.15, 0.2) is 29.4 Å². The highest BCUT2D eigenvalue weighted by atomic mass is 32.2. The molecule has 1 aromatic carbocycles. The molecule has 0 atom stereocenters. The van der Waals surface area contributed by atoms with Gasteiger partial charge in [-0.05, 0) is 19.1 Å². The predicted octanol–water partition coefficient (Wildman–Crippen LogP) is 2.46. The largest absolute Gasteiger partial charge is 0.486 e. The van der Waals surface area contributed by atoms with E-state index in [0.29, 0.717) is 11.6 Å². The Hall–Kier alpha value is -2.23. The average molecular weight is 360 g/mol. The molecule has 10 heteroatoms. The van der Waals surface area contributed by atoms with Crippen LogP contribution >= 0.6 is 11.8 Å². The molecule has 0 aliphatic rings. The van der Waals surface area contributed by atoms with Crippen molar-refractivity contribution in [2.45, 2.75) is 24.9 Å². The molecule has 0 aliphatic carbocycles. The summed E-state index contributed by atoms with van der Waals surface area (Å²) in [6, 6.07) is 7.48. The number of amides is 1. The molecule has 1 amide bonds. The van der Waals surface area contributed by atoms with Gasteiger partial charge in [-0.2, -0.15) is 13.2 Å². The average Bonchev–Trinajstić information content (AvgIpc) is 2.98. The van der Waals surface area contributed by atoms with Gasteiger partial charge in [0.2, 0.25) is 11.1 Å². The number of hydrogen-bond donors (Lipinski definition) is 2. The first-order chi connectivity index (χ1) is 11.3. The van der Waals surface area contributed by atoms with Gasteiger partial charge in [0.1, 0.15) is 18.9 Å². The van der Waals surface area contributed by atoms with Crippen molar-refractivity contribution in [2.75, 3.05) is 12.3 Å². The number of H-pyrrole nitrogens is 1. The topological polar surface area (TPSA) is 79.9 Å². The summed E-state index contributed by atoms with van der Waals surface area (Å²) < 4.78 is 41.4. The SMILES string of the molecule is Cc1ccc(OCc2nc(SCC(=O)NCC(F)(F)F)n[nH]2)cc1. The van der Waals surface area contributed by atoms with Crippen molar-refractivity contribution < 1.29 is 22.7 Å². The zero-order valence-electron chi connectivity index (χ0n) is 12.7. The normalized spacial score (nSPS) is 11.3. The third-order valence-electron chi connectivity index (χ3n) is 2.73. The van der Waals surface area contributed by atoms with Crippen LogP contribution in [0.1, 0.15) is 11.4 Å². The summed E-state index contributed by atoms with van der Waals surface area (Å²) in [6.07, 6.45) is -4.43. The van der Waals surface area contributed by atoms with Crippen molar-refractivity contribution in [3.63, 3.8) is 0 Å². The van der Waals surface area contributed by atoms with Crippen molar-refractivity contribution in [1.29, 1.82) is 0 Å². The van der Waals surface area contributed by atoms with Crippen molar-refractivity contribution in [2.24, 2.45) is 0 Å². The van der Waals surface area contributed by atoms with Crippen LogP contribution in [0.4, 0.5) is 13.2 Å². The minimum Gasteiger partial charge on any atom is -0.486 e. The molecule has 0 saturated carbocycles. The summed E-state index contributed by atoms with van der Waals surface area (Å²) in [5, 5.41) is 8.56. The van der Waals surface area contributed by atoms with E-state index in [-0.39, 0.29) is 17.5 Å². The molecule has 0 radical (unpaired) electrons. The van der Waals surface area contributed by atoms with Gasteiger partial charge in [-0.3, -0.25) is 9.89 Å². The van der Waals surface area contributed by atoms with Crippen molar-refractivity contribution in [3.8, 4) is 5.75 Å². The number of thioether (sulfide) groups is 1. The minimum absolute atomic E-state index is 0.164. The fourth-order valence-electron chi connectivity index (χ4n) is 1.57. The van der Waals surface area contributed by atoms with Crippen molar-refractivity contribution >= 4 is 17.7 Å². The molecular formula is C14H15F3N4O2S. The van der Waals surface area contributed by atoms with Gasteiger partial charge >= 0.3 is 6.18 Å². The van der Waals surface area contributed by atoms with Crippen LogP contribution in [-0.2, 0) is 11.4 Å². The summed E-state index contributed by atoms with van der Waals surface area (Å²) in [6.45, 7) is 0.779. The fourth-order valence-corrected chi connectivity index (χ4v) is 2.22. The summed E-state index contributed by atoms with van der Waals surface area (Å²) in [4.78, 5) is 15.4. The number of aryl methyl sites for hydroxylation is 1. The lowest BCUT2D eigenvalue weighted by Crippen LogP contribution is -2.34. The maximum absolute atomic E-state index is 12.0. The standard InChI is InChI=1S/C14H15F3N4O2S/c1-9-2-4-10(5-3-9)23-6-11-19-13(21-20-11)24-7-12(22)18-8-14(15,16)17/h2-5H,6-8H2,1H3,(H,18,22)(H,19,20,21). The number of carbonyl (C=O) groups excluding carboxylic acids is 1. The van der Waals surface area contributed by atoms with Crippen LogP contribution in [0, 0.1) is 6.92 Å². The van der Waals surface area contributed by atoms with Crippen LogP contribution in [0.3, 0.4) is 0 Å². The number of rotatable bonds is 7. The highest BCUT2D eigenvalue weighted by Gasteiger charge is 2.27. The molecule has 0 spiro atoms. The van der Waals surface area contributed by atoms with Gasteiger partial charge in [-0.15, -0.1) is 5.10 Å². The molecule has 0 aliphatic heterocycles. The molecule has 0 saturated heterocycles. The molecule has 0 unspecified atom stereocenters. The lowest BCUT2D eigenvalue weighted by molar-refractivity contribution is -0.136. The van der Waals surface area contributed by atoms with Gasteiger partial charge in [0.15, 0.2) is 5.82 Å². The second kappa shape index (κ2) is 8.04. The summed E-state index contributed by atoms with van der Waals surface area (Å²) >= 11 is 0.935. The van der Waals surface area contributed by atoms with E-state index in [1.165, 1.54) is 0 Å². The number of nitrogens with one attached hydrogen (secondary N) is 2. The van der Waals surface area contributed by atoms with Crippen LogP contribution in [0.25, 0.3) is 0 Å². The zero-order valence-corrected chi connectivity index (χ0v) is 13.5. The van der Waals surface area contributed by atoms with E-state index >= 15 is 0 Å². The Balaban J connectivity index is 1.74. The number of aromatic nitrogens is 3. The molecule has 2 rings (SSSR count). The number of halogens is 3. The fraction of sp³-hybridized carbons (Fsp3) is 0.357. The first-order valence-corrected chi connectivity index (χ1v) is 7.87. The molecular weight excluding hydrogens is 345 g/mol. The number of carbonyl (C=O) groups is 1. The van der Waals surface area contributed by atoms with Crippen LogP contribution in [0.5, 0.6) is 5.75 Å². The van der Waals surface area contributed by atoms with E-state index in [9.17, 15) is 18.0 Å². The quantitative estimate of drug-likeness (QED) is 0.742. The predicted molar refractivity (Wildman–Crippen MR) is 81.7 cm³/mol. The molecule has 6 nitrogen and oxygen atoms in total. The molecule has 130 valence electrons. The zero-order chi connectivity index (χ0) is 17.6. The smallest absolute Gasteiger partial charge is 0.405 e. The third-order valence-corrected chi connectivity index (χ3v) is 3.57. The molecule has 1 heterocycles. The highest BCUT2D eigenvalue weighted by Crippen LogP contribution is 2.16. The van der Waals surface area contributed by atoms with Gasteiger partial charge in [-0.25, -0.2) is 4.98 Å². The monoisotopic (exact) mass is 360 g/mol. The first-order valence-electron chi connectivity index (χ1n) is 6.89. The molecule has 0 fully saturated rings. The number of nitrogens with zero attached hydrogens (tertiary/aromatic N) is 2. The molecule has 1 aromatic heterocycles. The van der Waals surface area contributed by atoms with Crippen LogP contribution < -0.4 is 10.1 Å². The summed E-state index contributed by atoms with van der Waals surface area (Å²) in [7, 11) is 0. The Labute approximate surface area is 140 Å². The van der Waals surface area contributed by atoms with Crippen molar-refractivity contribution in [1.82, 2.24) is 20.5 Å². The summed E-state index contributed by atoms with van der Waals surface area (Å²) in [5.41, 5.74) is 1.12. The second-order valence-electron chi connectivity index (χ2n) is 4.85. The van der Waals surface area contributed by atoms with E-state index in [1.807, 2.05) is 31.2 Å². The Morgan fingerprint density at radius 2 is 2.04 bits per heavy atom. The van der Waals surface area contributed by atoms with Gasteiger partial charge in [0, 0.05) is 0 Å². The number of aromatic amines is 1. The van der Waals surface area contributed by atoms with Crippen LogP contribution in [0.2, 0.25) is 0 Å². The van der Waals surface area contributed by atoms with Gasteiger partial charge in [0.05, 0.1) is 5.75 Å². The Kier molecular flexibility index (Phi) is 6.07.